The molecule has 5 heteroatoms. The molecule has 1 amide bonds. The fourth-order valence-electron chi connectivity index (χ4n) is 4.24. The molecular formula is C22H22ClNO2S. The van der Waals surface area contributed by atoms with Crippen LogP contribution < -0.4 is 5.32 Å². The van der Waals surface area contributed by atoms with E-state index in [1.807, 2.05) is 66.7 Å². The van der Waals surface area contributed by atoms with E-state index in [1.165, 1.54) is 0 Å². The molecule has 1 fully saturated rings. The summed E-state index contributed by atoms with van der Waals surface area (Å²) in [5.41, 5.74) is 1.97. The molecule has 0 spiro atoms. The van der Waals surface area contributed by atoms with E-state index in [4.69, 9.17) is 11.6 Å². The first kappa shape index (κ1) is 18.5. The summed E-state index contributed by atoms with van der Waals surface area (Å²) in [5.74, 6) is 0.168. The fourth-order valence-corrected chi connectivity index (χ4v) is 6.93. The molecule has 5 atom stereocenters. The van der Waals surface area contributed by atoms with Gasteiger partial charge in [0.25, 0.3) is 0 Å². The molecule has 2 aliphatic rings. The Labute approximate surface area is 167 Å². The molecule has 2 aromatic rings. The Morgan fingerprint density at radius 3 is 2.26 bits per heavy atom. The first-order valence-electron chi connectivity index (χ1n) is 9.19. The Bertz CT molecular complexity index is 870. The topological polar surface area (TPSA) is 46.2 Å². The van der Waals surface area contributed by atoms with Gasteiger partial charge in [0, 0.05) is 29.0 Å². The van der Waals surface area contributed by atoms with Gasteiger partial charge in [0.2, 0.25) is 5.91 Å². The zero-order valence-electron chi connectivity index (χ0n) is 14.9. The van der Waals surface area contributed by atoms with Crippen molar-refractivity contribution in [2.45, 2.75) is 28.8 Å². The third-order valence-electron chi connectivity index (χ3n) is 5.62. The van der Waals surface area contributed by atoms with Gasteiger partial charge in [-0.1, -0.05) is 72.8 Å². The first-order valence-corrected chi connectivity index (χ1v) is 10.9. The standard InChI is InChI=1S/C22H22ClNO2S/c23-20-18-11-12-19(13-18)22(20,27(26)15-17-9-5-2-6-10-17)21(25)24-14-16-7-3-1-4-8-16/h1-12,18-20H,13-15H2,(H,24,25)/t18-,19+,20-,22+,27?/m0/s1. The highest BCUT2D eigenvalue weighted by atomic mass is 35.5. The zero-order chi connectivity index (χ0) is 18.9. The van der Waals surface area contributed by atoms with Gasteiger partial charge >= 0.3 is 0 Å². The van der Waals surface area contributed by atoms with E-state index in [0.29, 0.717) is 12.3 Å². The third-order valence-corrected chi connectivity index (χ3v) is 8.51. The van der Waals surface area contributed by atoms with Crippen molar-refractivity contribution in [3.8, 4) is 0 Å². The van der Waals surface area contributed by atoms with Gasteiger partial charge in [-0.05, 0) is 23.5 Å². The summed E-state index contributed by atoms with van der Waals surface area (Å²) in [6.45, 7) is 0.411. The minimum atomic E-state index is -1.42. The molecule has 1 unspecified atom stereocenters. The van der Waals surface area contributed by atoms with Crippen LogP contribution in [-0.2, 0) is 27.9 Å². The molecule has 0 heterocycles. The number of fused-ring (bicyclic) bond motifs is 2. The number of carbonyl (C=O) groups is 1. The van der Waals surface area contributed by atoms with Crippen molar-refractivity contribution >= 4 is 28.3 Å². The minimum absolute atomic E-state index is 0.0784. The molecule has 0 radical (unpaired) electrons. The molecular weight excluding hydrogens is 378 g/mol. The maximum absolute atomic E-state index is 13.5. The van der Waals surface area contributed by atoms with E-state index in [-0.39, 0.29) is 17.7 Å². The van der Waals surface area contributed by atoms with E-state index in [2.05, 4.69) is 11.4 Å². The molecule has 1 saturated carbocycles. The molecule has 2 aliphatic carbocycles. The van der Waals surface area contributed by atoms with Crippen molar-refractivity contribution in [1.29, 1.82) is 0 Å². The van der Waals surface area contributed by atoms with Gasteiger partial charge in [-0.15, -0.1) is 11.6 Å². The predicted octanol–water partition coefficient (Wildman–Crippen LogP) is 3.80. The number of allylic oxidation sites excluding steroid dienone is 2. The van der Waals surface area contributed by atoms with Crippen LogP contribution in [-0.4, -0.2) is 20.2 Å². The second kappa shape index (κ2) is 7.61. The van der Waals surface area contributed by atoms with Crippen LogP contribution in [0.3, 0.4) is 0 Å². The van der Waals surface area contributed by atoms with Crippen LogP contribution in [0.1, 0.15) is 17.5 Å². The number of nitrogens with one attached hydrogen (secondary N) is 1. The van der Waals surface area contributed by atoms with Gasteiger partial charge in [0.15, 0.2) is 0 Å². The van der Waals surface area contributed by atoms with Crippen molar-refractivity contribution < 1.29 is 9.00 Å². The Morgan fingerprint density at radius 1 is 1.04 bits per heavy atom. The quantitative estimate of drug-likeness (QED) is 0.593. The number of hydrogen-bond acceptors (Lipinski definition) is 2. The summed E-state index contributed by atoms with van der Waals surface area (Å²) in [5, 5.41) is 2.56. The number of halogens is 1. The van der Waals surface area contributed by atoms with Crippen molar-refractivity contribution in [3.63, 3.8) is 0 Å². The van der Waals surface area contributed by atoms with Gasteiger partial charge in [-0.2, -0.15) is 0 Å². The summed E-state index contributed by atoms with van der Waals surface area (Å²) in [6.07, 6.45) is 4.91. The number of rotatable bonds is 6. The largest absolute Gasteiger partial charge is 0.351 e. The lowest BCUT2D eigenvalue weighted by Crippen LogP contribution is -2.58. The first-order chi connectivity index (χ1) is 13.1. The van der Waals surface area contributed by atoms with Gasteiger partial charge in [-0.3, -0.25) is 9.00 Å². The Morgan fingerprint density at radius 2 is 1.67 bits per heavy atom. The van der Waals surface area contributed by atoms with E-state index in [0.717, 1.165) is 17.5 Å². The molecule has 27 heavy (non-hydrogen) atoms. The second-order valence-corrected chi connectivity index (χ2v) is 9.35. The Kier molecular flexibility index (Phi) is 5.20. The third kappa shape index (κ3) is 3.26. The SMILES string of the molecule is O=C(NCc1ccccc1)[C@@]1(S(=O)Cc2ccccc2)[C@@H]2C=C[C@@H](C2)[C@@H]1Cl. The maximum atomic E-state index is 13.5. The zero-order valence-corrected chi connectivity index (χ0v) is 16.5. The summed E-state index contributed by atoms with van der Waals surface area (Å²) < 4.78 is 12.4. The molecule has 3 nitrogen and oxygen atoms in total. The molecule has 1 N–H and O–H groups in total. The van der Waals surface area contributed by atoms with Crippen molar-refractivity contribution in [2.75, 3.05) is 0 Å². The number of carbonyl (C=O) groups excluding carboxylic acids is 1. The average molecular weight is 400 g/mol. The molecule has 0 aromatic heterocycles. The van der Waals surface area contributed by atoms with Crippen molar-refractivity contribution in [1.82, 2.24) is 5.32 Å². The van der Waals surface area contributed by atoms with Crippen LogP contribution in [0, 0.1) is 11.8 Å². The minimum Gasteiger partial charge on any atom is -0.351 e. The average Bonchev–Trinajstić information content (AvgIpc) is 3.28. The molecule has 140 valence electrons. The number of benzene rings is 2. The normalized spacial score (nSPS) is 29.6. The summed E-state index contributed by atoms with van der Waals surface area (Å²) in [4.78, 5) is 13.4. The fraction of sp³-hybridized carbons (Fsp3) is 0.318. The maximum Gasteiger partial charge on any atom is 0.241 e. The molecule has 0 saturated heterocycles. The highest BCUT2D eigenvalue weighted by Gasteiger charge is 2.63. The lowest BCUT2D eigenvalue weighted by atomic mass is 9.91. The molecule has 4 rings (SSSR count). The van der Waals surface area contributed by atoms with Gasteiger partial charge < -0.3 is 5.32 Å². The number of alkyl halides is 1. The van der Waals surface area contributed by atoms with Crippen LogP contribution in [0.4, 0.5) is 0 Å². The van der Waals surface area contributed by atoms with Crippen LogP contribution in [0.5, 0.6) is 0 Å². The van der Waals surface area contributed by atoms with E-state index < -0.39 is 20.9 Å². The highest BCUT2D eigenvalue weighted by molar-refractivity contribution is 7.86. The van der Waals surface area contributed by atoms with Crippen LogP contribution in [0.25, 0.3) is 0 Å². The van der Waals surface area contributed by atoms with E-state index in [1.54, 1.807) is 0 Å². The Balaban J connectivity index is 1.60. The number of hydrogen-bond donors (Lipinski definition) is 1. The van der Waals surface area contributed by atoms with Crippen molar-refractivity contribution in [2.24, 2.45) is 11.8 Å². The van der Waals surface area contributed by atoms with E-state index in [9.17, 15) is 9.00 Å². The Hall–Kier alpha value is -1.91. The van der Waals surface area contributed by atoms with Gasteiger partial charge in [-0.25, -0.2) is 0 Å². The summed E-state index contributed by atoms with van der Waals surface area (Å²) >= 11 is 6.76. The molecule has 0 aliphatic heterocycles. The van der Waals surface area contributed by atoms with Crippen LogP contribution >= 0.6 is 11.6 Å². The lowest BCUT2D eigenvalue weighted by molar-refractivity contribution is -0.124. The van der Waals surface area contributed by atoms with E-state index >= 15 is 0 Å². The molecule has 2 aromatic carbocycles. The van der Waals surface area contributed by atoms with Crippen molar-refractivity contribution in [3.05, 3.63) is 83.9 Å². The predicted molar refractivity (Wildman–Crippen MR) is 110 cm³/mol. The second-order valence-electron chi connectivity index (χ2n) is 7.23. The smallest absolute Gasteiger partial charge is 0.241 e. The lowest BCUT2D eigenvalue weighted by Gasteiger charge is -2.36. The monoisotopic (exact) mass is 399 g/mol. The number of amides is 1. The summed E-state index contributed by atoms with van der Waals surface area (Å²) in [6, 6.07) is 19.4. The highest BCUT2D eigenvalue weighted by Crippen LogP contribution is 2.53. The molecule has 2 bridgehead atoms. The van der Waals surface area contributed by atoms with Crippen LogP contribution in [0.2, 0.25) is 0 Å². The van der Waals surface area contributed by atoms with Gasteiger partial charge in [0.05, 0.1) is 5.38 Å². The van der Waals surface area contributed by atoms with Gasteiger partial charge in [0.1, 0.15) is 4.75 Å². The van der Waals surface area contributed by atoms with Crippen LogP contribution in [0.15, 0.2) is 72.8 Å². The summed E-state index contributed by atoms with van der Waals surface area (Å²) in [7, 11) is -1.42.